The van der Waals surface area contributed by atoms with E-state index in [0.29, 0.717) is 12.1 Å². The van der Waals surface area contributed by atoms with Crippen molar-refractivity contribution in [3.63, 3.8) is 0 Å². The Morgan fingerprint density at radius 2 is 2.03 bits per heavy atom. The molecule has 7 nitrogen and oxygen atoms in total. The fourth-order valence-electron chi connectivity index (χ4n) is 2.30. The van der Waals surface area contributed by atoms with Gasteiger partial charge in [-0.2, -0.15) is 0 Å². The highest BCUT2D eigenvalue weighted by Gasteiger charge is 2.16. The number of aromatic nitrogens is 2. The topological polar surface area (TPSA) is 101 Å². The molecule has 0 saturated heterocycles. The standard InChI is InChI=1S/C18H16ClFN4O3S2/c1-11-10-28-17(24-11)9-22-18(25)16-5-2-12(7-21-16)8-23-29(26,27)13-3-4-15(20)14(19)6-13/h2-7,10,23H,8-9H2,1H3,(H,22,25). The Labute approximate surface area is 176 Å². The number of amides is 1. The summed E-state index contributed by atoms with van der Waals surface area (Å²) in [6.07, 6.45) is 1.41. The summed E-state index contributed by atoms with van der Waals surface area (Å²) in [7, 11) is -3.88. The highest BCUT2D eigenvalue weighted by Crippen LogP contribution is 2.19. The number of sulfonamides is 1. The zero-order valence-electron chi connectivity index (χ0n) is 15.1. The normalized spacial score (nSPS) is 11.4. The molecule has 0 spiro atoms. The van der Waals surface area contributed by atoms with Gasteiger partial charge in [-0.25, -0.2) is 22.5 Å². The van der Waals surface area contributed by atoms with E-state index >= 15 is 0 Å². The molecule has 0 atom stereocenters. The molecule has 1 aromatic carbocycles. The van der Waals surface area contributed by atoms with Gasteiger partial charge in [0.25, 0.3) is 5.91 Å². The Hall–Kier alpha value is -2.40. The molecule has 0 fully saturated rings. The summed E-state index contributed by atoms with van der Waals surface area (Å²) in [4.78, 5) is 20.3. The van der Waals surface area contributed by atoms with Crippen molar-refractivity contribution in [2.24, 2.45) is 0 Å². The van der Waals surface area contributed by atoms with Crippen LogP contribution >= 0.6 is 22.9 Å². The number of pyridine rings is 1. The number of hydrogen-bond acceptors (Lipinski definition) is 6. The predicted molar refractivity (Wildman–Crippen MR) is 108 cm³/mol. The molecule has 0 saturated carbocycles. The number of nitrogens with one attached hydrogen (secondary N) is 2. The van der Waals surface area contributed by atoms with E-state index in [2.05, 4.69) is 20.0 Å². The van der Waals surface area contributed by atoms with Crippen LogP contribution in [0.15, 0.2) is 46.8 Å². The number of hydrogen-bond donors (Lipinski definition) is 2. The summed E-state index contributed by atoms with van der Waals surface area (Å²) >= 11 is 7.09. The van der Waals surface area contributed by atoms with Gasteiger partial charge in [0.1, 0.15) is 16.5 Å². The minimum atomic E-state index is -3.88. The van der Waals surface area contributed by atoms with Crippen molar-refractivity contribution in [1.29, 1.82) is 0 Å². The van der Waals surface area contributed by atoms with E-state index in [4.69, 9.17) is 11.6 Å². The van der Waals surface area contributed by atoms with Crippen LogP contribution < -0.4 is 10.0 Å². The first-order valence-corrected chi connectivity index (χ1v) is 11.1. The van der Waals surface area contributed by atoms with Crippen molar-refractivity contribution in [3.8, 4) is 0 Å². The minimum absolute atomic E-state index is 0.0510. The summed E-state index contributed by atoms with van der Waals surface area (Å²) in [6.45, 7) is 2.13. The van der Waals surface area contributed by atoms with Crippen LogP contribution in [0.4, 0.5) is 4.39 Å². The van der Waals surface area contributed by atoms with Crippen molar-refractivity contribution in [2.75, 3.05) is 0 Å². The highest BCUT2D eigenvalue weighted by atomic mass is 35.5. The molecule has 11 heteroatoms. The number of carbonyl (C=O) groups excluding carboxylic acids is 1. The Balaban J connectivity index is 1.58. The molecule has 3 rings (SSSR count). The lowest BCUT2D eigenvalue weighted by atomic mass is 10.2. The number of carbonyl (C=O) groups is 1. The maximum atomic E-state index is 13.2. The van der Waals surface area contributed by atoms with Crippen LogP contribution in [0.25, 0.3) is 0 Å². The molecule has 0 aliphatic carbocycles. The Morgan fingerprint density at radius 1 is 1.24 bits per heavy atom. The third-order valence-corrected chi connectivity index (χ3v) is 6.45. The first kappa shape index (κ1) is 21.3. The number of thiazole rings is 1. The van der Waals surface area contributed by atoms with E-state index < -0.39 is 15.8 Å². The van der Waals surface area contributed by atoms with Gasteiger partial charge in [-0.15, -0.1) is 11.3 Å². The van der Waals surface area contributed by atoms with E-state index in [1.807, 2.05) is 12.3 Å². The van der Waals surface area contributed by atoms with Crippen molar-refractivity contribution >= 4 is 38.9 Å². The quantitative estimate of drug-likeness (QED) is 0.571. The van der Waals surface area contributed by atoms with Crippen LogP contribution in [0.3, 0.4) is 0 Å². The average molecular weight is 455 g/mol. The fraction of sp³-hybridized carbons (Fsp3) is 0.167. The zero-order chi connectivity index (χ0) is 21.0. The third kappa shape index (κ3) is 5.57. The van der Waals surface area contributed by atoms with Gasteiger partial charge >= 0.3 is 0 Å². The Morgan fingerprint density at radius 3 is 2.66 bits per heavy atom. The fourth-order valence-corrected chi connectivity index (χ4v) is 4.30. The molecule has 3 aromatic rings. The third-order valence-electron chi connectivity index (χ3n) is 3.79. The number of halogens is 2. The van der Waals surface area contributed by atoms with E-state index in [1.54, 1.807) is 6.07 Å². The predicted octanol–water partition coefficient (Wildman–Crippen LogP) is 3.05. The lowest BCUT2D eigenvalue weighted by molar-refractivity contribution is 0.0946. The molecule has 2 aromatic heterocycles. The average Bonchev–Trinajstić information content (AvgIpc) is 3.12. The molecular weight excluding hydrogens is 439 g/mol. The minimum Gasteiger partial charge on any atom is -0.344 e. The molecule has 152 valence electrons. The maximum Gasteiger partial charge on any atom is 0.270 e. The summed E-state index contributed by atoms with van der Waals surface area (Å²) in [6, 6.07) is 6.24. The summed E-state index contributed by atoms with van der Waals surface area (Å²) < 4.78 is 40.2. The van der Waals surface area contributed by atoms with Crippen LogP contribution in [-0.4, -0.2) is 24.3 Å². The first-order chi connectivity index (χ1) is 13.7. The molecule has 0 aliphatic heterocycles. The van der Waals surface area contributed by atoms with Crippen LogP contribution in [0, 0.1) is 12.7 Å². The largest absolute Gasteiger partial charge is 0.344 e. The molecule has 0 aliphatic rings. The molecule has 29 heavy (non-hydrogen) atoms. The molecule has 0 radical (unpaired) electrons. The monoisotopic (exact) mass is 454 g/mol. The second-order valence-electron chi connectivity index (χ2n) is 6.02. The summed E-state index contributed by atoms with van der Waals surface area (Å²) in [5, 5.41) is 5.14. The van der Waals surface area contributed by atoms with Gasteiger partial charge in [0.2, 0.25) is 10.0 Å². The lowest BCUT2D eigenvalue weighted by Crippen LogP contribution is -2.25. The zero-order valence-corrected chi connectivity index (χ0v) is 17.5. The molecule has 2 heterocycles. The van der Waals surface area contributed by atoms with Crippen molar-refractivity contribution < 1.29 is 17.6 Å². The Kier molecular flexibility index (Phi) is 6.58. The van der Waals surface area contributed by atoms with Crippen molar-refractivity contribution in [3.05, 3.63) is 74.7 Å². The van der Waals surface area contributed by atoms with Crippen molar-refractivity contribution in [1.82, 2.24) is 20.0 Å². The SMILES string of the molecule is Cc1csc(CNC(=O)c2ccc(CNS(=O)(=O)c3ccc(F)c(Cl)c3)cn2)n1. The van der Waals surface area contributed by atoms with E-state index in [-0.39, 0.29) is 28.1 Å². The van der Waals surface area contributed by atoms with Crippen LogP contribution in [0.5, 0.6) is 0 Å². The molecule has 0 unspecified atom stereocenters. The van der Waals surface area contributed by atoms with E-state index in [9.17, 15) is 17.6 Å². The smallest absolute Gasteiger partial charge is 0.270 e. The van der Waals surface area contributed by atoms with Crippen molar-refractivity contribution in [2.45, 2.75) is 24.9 Å². The van der Waals surface area contributed by atoms with Crippen LogP contribution in [0.1, 0.15) is 26.8 Å². The number of rotatable bonds is 7. The van der Waals surface area contributed by atoms with Crippen LogP contribution in [-0.2, 0) is 23.1 Å². The maximum absolute atomic E-state index is 13.2. The van der Waals surface area contributed by atoms with Gasteiger partial charge in [-0.1, -0.05) is 17.7 Å². The number of aryl methyl sites for hydroxylation is 1. The molecule has 1 amide bonds. The molecule has 2 N–H and O–H groups in total. The molecular formula is C18H16ClFN4O3S2. The highest BCUT2D eigenvalue weighted by molar-refractivity contribution is 7.89. The van der Waals surface area contributed by atoms with E-state index in [0.717, 1.165) is 28.9 Å². The number of nitrogens with zero attached hydrogens (tertiary/aromatic N) is 2. The Bertz CT molecular complexity index is 1130. The van der Waals surface area contributed by atoms with Gasteiger partial charge in [0.05, 0.1) is 16.5 Å². The second-order valence-corrected chi connectivity index (χ2v) is 9.13. The number of benzene rings is 1. The molecule has 0 bridgehead atoms. The second kappa shape index (κ2) is 8.95. The summed E-state index contributed by atoms with van der Waals surface area (Å²) in [5.41, 5.74) is 1.65. The van der Waals surface area contributed by atoms with Gasteiger partial charge in [0, 0.05) is 23.8 Å². The first-order valence-electron chi connectivity index (χ1n) is 8.33. The lowest BCUT2D eigenvalue weighted by Gasteiger charge is -2.08. The van der Waals surface area contributed by atoms with Gasteiger partial charge in [-0.3, -0.25) is 9.78 Å². The van der Waals surface area contributed by atoms with Gasteiger partial charge < -0.3 is 5.32 Å². The van der Waals surface area contributed by atoms with Crippen LogP contribution in [0.2, 0.25) is 5.02 Å². The summed E-state index contributed by atoms with van der Waals surface area (Å²) in [5.74, 6) is -1.06. The van der Waals surface area contributed by atoms with Gasteiger partial charge in [0.15, 0.2) is 0 Å². The van der Waals surface area contributed by atoms with E-state index in [1.165, 1.54) is 23.6 Å². The van der Waals surface area contributed by atoms with Gasteiger partial charge in [-0.05, 0) is 36.8 Å².